The van der Waals surface area contributed by atoms with E-state index in [0.29, 0.717) is 0 Å². The molecule has 1 aliphatic heterocycles. The highest BCUT2D eigenvalue weighted by atomic mass is 15.1. The molecule has 0 saturated carbocycles. The molecule has 1 saturated heterocycles. The van der Waals surface area contributed by atoms with E-state index in [0.717, 1.165) is 12.5 Å². The SMILES string of the molecule is CCC(CCN)CCCN1CCCCC1. The Morgan fingerprint density at radius 3 is 2.47 bits per heavy atom. The summed E-state index contributed by atoms with van der Waals surface area (Å²) in [6, 6.07) is 0. The van der Waals surface area contributed by atoms with Gasteiger partial charge in [-0.3, -0.25) is 0 Å². The number of nitrogens with zero attached hydrogens (tertiary/aromatic N) is 1. The van der Waals surface area contributed by atoms with E-state index in [1.54, 1.807) is 0 Å². The summed E-state index contributed by atoms with van der Waals surface area (Å²) in [4.78, 5) is 2.64. The third kappa shape index (κ3) is 5.53. The van der Waals surface area contributed by atoms with Crippen molar-refractivity contribution >= 4 is 0 Å². The Balaban J connectivity index is 2.03. The topological polar surface area (TPSA) is 29.3 Å². The molecule has 1 heterocycles. The van der Waals surface area contributed by atoms with Crippen molar-refractivity contribution < 1.29 is 0 Å². The van der Waals surface area contributed by atoms with Crippen LogP contribution in [0.3, 0.4) is 0 Å². The largest absolute Gasteiger partial charge is 0.330 e. The third-order valence-electron chi connectivity index (χ3n) is 3.69. The highest BCUT2D eigenvalue weighted by Crippen LogP contribution is 2.16. The third-order valence-corrected chi connectivity index (χ3v) is 3.69. The van der Waals surface area contributed by atoms with E-state index in [-0.39, 0.29) is 0 Å². The first-order valence-electron chi connectivity index (χ1n) is 6.79. The van der Waals surface area contributed by atoms with Crippen LogP contribution in [0.1, 0.15) is 51.9 Å². The molecule has 2 N–H and O–H groups in total. The lowest BCUT2D eigenvalue weighted by atomic mass is 9.96. The Bertz CT molecular complexity index is 137. The van der Waals surface area contributed by atoms with Gasteiger partial charge >= 0.3 is 0 Å². The highest BCUT2D eigenvalue weighted by Gasteiger charge is 2.10. The van der Waals surface area contributed by atoms with Crippen LogP contribution in [0, 0.1) is 5.92 Å². The zero-order chi connectivity index (χ0) is 10.9. The van der Waals surface area contributed by atoms with Gasteiger partial charge in [0, 0.05) is 0 Å². The van der Waals surface area contributed by atoms with Crippen LogP contribution in [0.4, 0.5) is 0 Å². The van der Waals surface area contributed by atoms with Crippen molar-refractivity contribution in [3.05, 3.63) is 0 Å². The van der Waals surface area contributed by atoms with Crippen molar-refractivity contribution in [1.29, 1.82) is 0 Å². The van der Waals surface area contributed by atoms with Crippen molar-refractivity contribution in [1.82, 2.24) is 4.90 Å². The van der Waals surface area contributed by atoms with Crippen molar-refractivity contribution in [3.8, 4) is 0 Å². The van der Waals surface area contributed by atoms with Crippen LogP contribution in [-0.2, 0) is 0 Å². The molecule has 0 amide bonds. The standard InChI is InChI=1S/C13H28N2/c1-2-13(8-9-14)7-6-12-15-10-4-3-5-11-15/h13H,2-12,14H2,1H3. The lowest BCUT2D eigenvalue weighted by Crippen LogP contribution is -2.30. The second-order valence-electron chi connectivity index (χ2n) is 4.90. The van der Waals surface area contributed by atoms with Crippen LogP contribution in [0.5, 0.6) is 0 Å². The average Bonchev–Trinajstić information content (AvgIpc) is 2.29. The minimum Gasteiger partial charge on any atom is -0.330 e. The zero-order valence-electron chi connectivity index (χ0n) is 10.4. The summed E-state index contributed by atoms with van der Waals surface area (Å²) in [5.41, 5.74) is 5.61. The van der Waals surface area contributed by atoms with Gasteiger partial charge in [-0.2, -0.15) is 0 Å². The molecule has 0 aliphatic carbocycles. The van der Waals surface area contributed by atoms with Crippen LogP contribution in [0.25, 0.3) is 0 Å². The van der Waals surface area contributed by atoms with Gasteiger partial charge in [0.1, 0.15) is 0 Å². The van der Waals surface area contributed by atoms with Gasteiger partial charge in [-0.1, -0.05) is 19.8 Å². The number of hydrogen-bond donors (Lipinski definition) is 1. The van der Waals surface area contributed by atoms with Gasteiger partial charge in [-0.15, -0.1) is 0 Å². The molecular weight excluding hydrogens is 184 g/mol. The molecule has 0 aromatic rings. The summed E-state index contributed by atoms with van der Waals surface area (Å²) in [5, 5.41) is 0. The second kappa shape index (κ2) is 8.12. The van der Waals surface area contributed by atoms with Crippen molar-refractivity contribution in [2.45, 2.75) is 51.9 Å². The quantitative estimate of drug-likeness (QED) is 0.703. The Hall–Kier alpha value is -0.0800. The predicted molar refractivity (Wildman–Crippen MR) is 67.0 cm³/mol. The molecule has 1 fully saturated rings. The zero-order valence-corrected chi connectivity index (χ0v) is 10.4. The van der Waals surface area contributed by atoms with Gasteiger partial charge in [0.05, 0.1) is 0 Å². The van der Waals surface area contributed by atoms with Crippen molar-refractivity contribution in [3.63, 3.8) is 0 Å². The molecule has 0 spiro atoms. The molecule has 90 valence electrons. The fourth-order valence-corrected chi connectivity index (χ4v) is 2.57. The van der Waals surface area contributed by atoms with Gasteiger partial charge in [0.25, 0.3) is 0 Å². The van der Waals surface area contributed by atoms with E-state index in [1.165, 1.54) is 64.6 Å². The fourth-order valence-electron chi connectivity index (χ4n) is 2.57. The minimum absolute atomic E-state index is 0.863. The van der Waals surface area contributed by atoms with E-state index < -0.39 is 0 Å². The van der Waals surface area contributed by atoms with Gasteiger partial charge in [0.15, 0.2) is 0 Å². The van der Waals surface area contributed by atoms with Crippen molar-refractivity contribution in [2.75, 3.05) is 26.2 Å². The predicted octanol–water partition coefficient (Wildman–Crippen LogP) is 2.63. The average molecular weight is 212 g/mol. The van der Waals surface area contributed by atoms with E-state index in [9.17, 15) is 0 Å². The molecule has 2 nitrogen and oxygen atoms in total. The van der Waals surface area contributed by atoms with Gasteiger partial charge in [0.2, 0.25) is 0 Å². The van der Waals surface area contributed by atoms with Crippen LogP contribution in [0.2, 0.25) is 0 Å². The second-order valence-corrected chi connectivity index (χ2v) is 4.90. The lowest BCUT2D eigenvalue weighted by molar-refractivity contribution is 0.218. The molecule has 1 aliphatic rings. The summed E-state index contributed by atoms with van der Waals surface area (Å²) in [6.45, 7) is 7.16. The molecule has 0 aromatic carbocycles. The Morgan fingerprint density at radius 2 is 1.87 bits per heavy atom. The number of likely N-dealkylation sites (tertiary alicyclic amines) is 1. The monoisotopic (exact) mass is 212 g/mol. The number of hydrogen-bond acceptors (Lipinski definition) is 2. The summed E-state index contributed by atoms with van der Waals surface area (Å²) >= 11 is 0. The molecule has 0 aromatic heterocycles. The highest BCUT2D eigenvalue weighted by molar-refractivity contribution is 4.66. The van der Waals surface area contributed by atoms with Crippen LogP contribution in [-0.4, -0.2) is 31.1 Å². The Morgan fingerprint density at radius 1 is 1.13 bits per heavy atom. The van der Waals surface area contributed by atoms with E-state index in [1.807, 2.05) is 0 Å². The maximum Gasteiger partial charge on any atom is -0.00186 e. The molecular formula is C13H28N2. The smallest absolute Gasteiger partial charge is 0.00186 e. The molecule has 1 unspecified atom stereocenters. The van der Waals surface area contributed by atoms with E-state index in [4.69, 9.17) is 5.73 Å². The Kier molecular flexibility index (Phi) is 7.03. The van der Waals surface area contributed by atoms with Crippen molar-refractivity contribution in [2.24, 2.45) is 11.7 Å². The molecule has 0 bridgehead atoms. The Labute approximate surface area is 95.2 Å². The van der Waals surface area contributed by atoms with Crippen LogP contribution >= 0.6 is 0 Å². The number of rotatable bonds is 7. The molecule has 2 heteroatoms. The molecule has 1 rings (SSSR count). The van der Waals surface area contributed by atoms with E-state index >= 15 is 0 Å². The van der Waals surface area contributed by atoms with Gasteiger partial charge < -0.3 is 10.6 Å². The maximum atomic E-state index is 5.61. The maximum absolute atomic E-state index is 5.61. The normalized spacial score (nSPS) is 20.4. The lowest BCUT2D eigenvalue weighted by Gasteiger charge is -2.27. The summed E-state index contributed by atoms with van der Waals surface area (Å²) in [7, 11) is 0. The van der Waals surface area contributed by atoms with Gasteiger partial charge in [-0.05, 0) is 64.2 Å². The summed E-state index contributed by atoms with van der Waals surface area (Å²) < 4.78 is 0. The van der Waals surface area contributed by atoms with Crippen LogP contribution in [0.15, 0.2) is 0 Å². The molecule has 15 heavy (non-hydrogen) atoms. The minimum atomic E-state index is 0.863. The summed E-state index contributed by atoms with van der Waals surface area (Å²) in [6.07, 6.45) is 9.55. The molecule has 0 radical (unpaired) electrons. The number of nitrogens with two attached hydrogens (primary N) is 1. The van der Waals surface area contributed by atoms with Crippen LogP contribution < -0.4 is 5.73 Å². The first kappa shape index (κ1) is 13.0. The number of piperidine rings is 1. The summed E-state index contributed by atoms with van der Waals surface area (Å²) in [5.74, 6) is 0.875. The first-order valence-corrected chi connectivity index (χ1v) is 6.79. The van der Waals surface area contributed by atoms with Gasteiger partial charge in [-0.25, -0.2) is 0 Å². The molecule has 1 atom stereocenters. The van der Waals surface area contributed by atoms with E-state index in [2.05, 4.69) is 11.8 Å². The fraction of sp³-hybridized carbons (Fsp3) is 1.00. The first-order chi connectivity index (χ1) is 7.36.